The van der Waals surface area contributed by atoms with Crippen LogP contribution in [0, 0.1) is 5.82 Å². The molecule has 1 aromatic heterocycles. The molecule has 0 aliphatic rings. The molecule has 9 heteroatoms. The number of sulfonamides is 1. The van der Waals surface area contributed by atoms with Gasteiger partial charge in [-0.2, -0.15) is 5.10 Å². The number of nitrogens with two attached hydrogens (primary N) is 1. The summed E-state index contributed by atoms with van der Waals surface area (Å²) in [6, 6.07) is 13.4. The Hall–Kier alpha value is -3.04. The Morgan fingerprint density at radius 2 is 1.70 bits per heavy atom. The Kier molecular flexibility index (Phi) is 5.78. The molecule has 3 N–H and O–H groups in total. The molecule has 0 aliphatic carbocycles. The van der Waals surface area contributed by atoms with E-state index in [4.69, 9.17) is 5.14 Å². The topological polar surface area (TPSA) is 107 Å². The van der Waals surface area contributed by atoms with Crippen molar-refractivity contribution in [3.05, 3.63) is 71.7 Å². The fourth-order valence-electron chi connectivity index (χ4n) is 2.79. The molecule has 3 rings (SSSR count). The molecule has 0 aliphatic heterocycles. The number of primary sulfonamides is 1. The largest absolute Gasteiger partial charge is 0.310 e. The van der Waals surface area contributed by atoms with Crippen LogP contribution in [0.25, 0.3) is 5.69 Å². The van der Waals surface area contributed by atoms with Gasteiger partial charge in [-0.3, -0.25) is 4.79 Å². The van der Waals surface area contributed by atoms with Crippen molar-refractivity contribution in [3.8, 4) is 5.69 Å². The maximum atomic E-state index is 13.3. The summed E-state index contributed by atoms with van der Waals surface area (Å²) in [7, 11) is -3.79. The molecule has 0 radical (unpaired) electrons. The monoisotopic (exact) mass is 430 g/mol. The minimum Gasteiger partial charge on any atom is -0.310 e. The minimum absolute atomic E-state index is 0.0177. The molecule has 0 unspecified atom stereocenters. The number of nitrogens with one attached hydrogen (secondary N) is 1. The number of carbonyl (C=O) groups excluding carboxylic acids is 1. The van der Waals surface area contributed by atoms with Crippen molar-refractivity contribution in [2.75, 3.05) is 5.32 Å². The molecule has 1 heterocycles. The van der Waals surface area contributed by atoms with Crippen LogP contribution in [0.4, 0.5) is 10.2 Å². The van der Waals surface area contributed by atoms with E-state index in [9.17, 15) is 17.6 Å². The van der Waals surface area contributed by atoms with Crippen LogP contribution in [0.3, 0.4) is 0 Å². The normalized spacial score (nSPS) is 12.0. The first-order valence-electron chi connectivity index (χ1n) is 9.21. The summed E-state index contributed by atoms with van der Waals surface area (Å²) in [4.78, 5) is 12.6. The summed E-state index contributed by atoms with van der Waals surface area (Å²) in [6.07, 6.45) is 0.0321. The number of halogens is 1. The average Bonchev–Trinajstić information content (AvgIpc) is 3.06. The lowest BCUT2D eigenvalue weighted by Gasteiger charge is -2.14. The first kappa shape index (κ1) is 21.7. The maximum Gasteiger partial charge on any atom is 0.238 e. The van der Waals surface area contributed by atoms with Crippen molar-refractivity contribution in [2.45, 2.75) is 37.5 Å². The minimum atomic E-state index is -3.79. The summed E-state index contributed by atoms with van der Waals surface area (Å²) in [5.41, 5.74) is 1.75. The molecule has 0 saturated heterocycles. The molecule has 0 bridgehead atoms. The molecule has 2 aromatic carbocycles. The Balaban J connectivity index is 1.85. The molecule has 0 spiro atoms. The second kappa shape index (κ2) is 8.00. The van der Waals surface area contributed by atoms with Crippen LogP contribution in [0.15, 0.2) is 59.5 Å². The highest BCUT2D eigenvalue weighted by molar-refractivity contribution is 7.89. The van der Waals surface area contributed by atoms with E-state index < -0.39 is 10.0 Å². The number of benzene rings is 2. The quantitative estimate of drug-likeness (QED) is 0.648. The van der Waals surface area contributed by atoms with E-state index >= 15 is 0 Å². The van der Waals surface area contributed by atoms with Crippen molar-refractivity contribution < 1.29 is 17.6 Å². The zero-order chi connectivity index (χ0) is 22.1. The lowest BCUT2D eigenvalue weighted by Crippen LogP contribution is -2.17. The number of anilines is 1. The third-order valence-electron chi connectivity index (χ3n) is 4.43. The van der Waals surface area contributed by atoms with Crippen molar-refractivity contribution in [1.29, 1.82) is 0 Å². The molecular weight excluding hydrogens is 407 g/mol. The van der Waals surface area contributed by atoms with Crippen LogP contribution in [0.1, 0.15) is 32.0 Å². The maximum absolute atomic E-state index is 13.3. The first-order chi connectivity index (χ1) is 13.9. The number of hydrogen-bond acceptors (Lipinski definition) is 4. The number of nitrogens with zero attached hydrogens (tertiary/aromatic N) is 2. The van der Waals surface area contributed by atoms with Crippen LogP contribution >= 0.6 is 0 Å². The SMILES string of the molecule is CC(C)(C)c1cc(NC(=O)Cc2ccc(S(N)(=O)=O)cc2)n(-c2ccc(F)cc2)n1. The number of aromatic nitrogens is 2. The van der Waals surface area contributed by atoms with Crippen molar-refractivity contribution in [2.24, 2.45) is 5.14 Å². The predicted molar refractivity (Wildman–Crippen MR) is 112 cm³/mol. The van der Waals surface area contributed by atoms with Crippen molar-refractivity contribution in [1.82, 2.24) is 9.78 Å². The smallest absolute Gasteiger partial charge is 0.238 e. The van der Waals surface area contributed by atoms with Gasteiger partial charge in [0.2, 0.25) is 15.9 Å². The molecule has 30 heavy (non-hydrogen) atoms. The molecule has 7 nitrogen and oxygen atoms in total. The lowest BCUT2D eigenvalue weighted by molar-refractivity contribution is -0.115. The van der Waals surface area contributed by atoms with E-state index in [-0.39, 0.29) is 28.5 Å². The fraction of sp³-hybridized carbons (Fsp3) is 0.238. The van der Waals surface area contributed by atoms with E-state index in [2.05, 4.69) is 10.4 Å². The Morgan fingerprint density at radius 3 is 2.23 bits per heavy atom. The van der Waals surface area contributed by atoms with Crippen molar-refractivity contribution >= 4 is 21.7 Å². The number of hydrogen-bond donors (Lipinski definition) is 2. The molecule has 0 saturated carbocycles. The number of amides is 1. The van der Waals surface area contributed by atoms with Gasteiger partial charge in [0, 0.05) is 11.5 Å². The van der Waals surface area contributed by atoms with Crippen molar-refractivity contribution in [3.63, 3.8) is 0 Å². The van der Waals surface area contributed by atoms with Crippen LogP contribution in [-0.2, 0) is 26.7 Å². The summed E-state index contributed by atoms with van der Waals surface area (Å²) in [6.45, 7) is 6.01. The highest BCUT2D eigenvalue weighted by atomic mass is 32.2. The molecule has 158 valence electrons. The third-order valence-corrected chi connectivity index (χ3v) is 5.36. The Labute approximate surface area is 174 Å². The summed E-state index contributed by atoms with van der Waals surface area (Å²) in [5, 5.41) is 12.5. The molecule has 3 aromatic rings. The predicted octanol–water partition coefficient (Wildman–Crippen LogP) is 3.14. The summed E-state index contributed by atoms with van der Waals surface area (Å²) >= 11 is 0. The van der Waals surface area contributed by atoms with Gasteiger partial charge in [-0.05, 0) is 42.0 Å². The van der Waals surface area contributed by atoms with Gasteiger partial charge in [-0.15, -0.1) is 0 Å². The highest BCUT2D eigenvalue weighted by Gasteiger charge is 2.21. The van der Waals surface area contributed by atoms with E-state index in [0.29, 0.717) is 17.1 Å². The molecule has 1 amide bonds. The van der Waals surface area contributed by atoms with Crippen LogP contribution in [0.5, 0.6) is 0 Å². The highest BCUT2D eigenvalue weighted by Crippen LogP contribution is 2.26. The van der Waals surface area contributed by atoms with Gasteiger partial charge in [0.25, 0.3) is 0 Å². The zero-order valence-electron chi connectivity index (χ0n) is 16.9. The van der Waals surface area contributed by atoms with Gasteiger partial charge in [0.05, 0.1) is 22.7 Å². The second-order valence-corrected chi connectivity index (χ2v) is 9.53. The Morgan fingerprint density at radius 1 is 1.10 bits per heavy atom. The van der Waals surface area contributed by atoms with Crippen LogP contribution in [0.2, 0.25) is 0 Å². The fourth-order valence-corrected chi connectivity index (χ4v) is 3.30. The summed E-state index contributed by atoms with van der Waals surface area (Å²) < 4.78 is 37.6. The van der Waals surface area contributed by atoms with E-state index in [1.807, 2.05) is 20.8 Å². The van der Waals surface area contributed by atoms with Gasteiger partial charge in [0.15, 0.2) is 0 Å². The molecule has 0 fully saturated rings. The average molecular weight is 431 g/mol. The van der Waals surface area contributed by atoms with Gasteiger partial charge >= 0.3 is 0 Å². The van der Waals surface area contributed by atoms with Gasteiger partial charge in [0.1, 0.15) is 11.6 Å². The lowest BCUT2D eigenvalue weighted by atomic mass is 9.92. The standard InChI is InChI=1S/C21H23FN4O3S/c1-21(2,3)18-13-19(26(25-18)16-8-6-15(22)7-9-16)24-20(27)12-14-4-10-17(11-5-14)30(23,28)29/h4-11,13H,12H2,1-3H3,(H,24,27)(H2,23,28,29). The van der Waals surface area contributed by atoms with Gasteiger partial charge in [-0.25, -0.2) is 22.6 Å². The zero-order valence-corrected chi connectivity index (χ0v) is 17.7. The number of rotatable bonds is 5. The van der Waals surface area contributed by atoms with E-state index in [1.54, 1.807) is 22.9 Å². The molecular formula is C21H23FN4O3S. The van der Waals surface area contributed by atoms with E-state index in [1.165, 1.54) is 36.4 Å². The van der Waals surface area contributed by atoms with Gasteiger partial charge in [-0.1, -0.05) is 32.9 Å². The second-order valence-electron chi connectivity index (χ2n) is 7.97. The van der Waals surface area contributed by atoms with E-state index in [0.717, 1.165) is 5.69 Å². The van der Waals surface area contributed by atoms with Crippen LogP contribution < -0.4 is 10.5 Å². The number of carbonyl (C=O) groups is 1. The Bertz CT molecular complexity index is 1160. The third kappa shape index (κ3) is 5.11. The molecule has 0 atom stereocenters. The van der Waals surface area contributed by atoms with Crippen LogP contribution in [-0.4, -0.2) is 24.1 Å². The summed E-state index contributed by atoms with van der Waals surface area (Å²) in [5.74, 6) is -0.213. The van der Waals surface area contributed by atoms with Gasteiger partial charge < -0.3 is 5.32 Å². The first-order valence-corrected chi connectivity index (χ1v) is 10.8.